The van der Waals surface area contributed by atoms with Gasteiger partial charge in [0, 0.05) is 15.1 Å². The number of imide groups is 2. The van der Waals surface area contributed by atoms with E-state index in [9.17, 15) is 19.2 Å². The summed E-state index contributed by atoms with van der Waals surface area (Å²) in [5, 5.41) is 5.29. The molecule has 0 bridgehead atoms. The van der Waals surface area contributed by atoms with Crippen molar-refractivity contribution in [2.45, 2.75) is 0 Å². The monoisotopic (exact) mass is 583 g/mol. The standard InChI is InChI=1S/C26H19BrClN3O6/c1-36-22-5-3-2-4-20(22)29-23(32)14-37-21-11-6-16(27)12-15(21)13-19-24(33)30-26(35)31(25(19)34)18-9-7-17(28)8-10-18/h2-13H,14H2,1H3,(H,29,32)(H,30,33,35)/b19-13-. The number of carbonyl (C=O) groups excluding carboxylic acids is 4. The third-order valence-corrected chi connectivity index (χ3v) is 5.94. The number of urea groups is 1. The number of rotatable bonds is 7. The van der Waals surface area contributed by atoms with Crippen LogP contribution in [-0.2, 0) is 14.4 Å². The smallest absolute Gasteiger partial charge is 0.335 e. The molecule has 5 amide bonds. The summed E-state index contributed by atoms with van der Waals surface area (Å²) in [6.45, 7) is -0.356. The third-order valence-electron chi connectivity index (χ3n) is 5.20. The number of carbonyl (C=O) groups is 4. The van der Waals surface area contributed by atoms with Gasteiger partial charge in [-0.25, -0.2) is 9.69 Å². The van der Waals surface area contributed by atoms with Gasteiger partial charge in [-0.2, -0.15) is 0 Å². The van der Waals surface area contributed by atoms with Crippen LogP contribution in [0.3, 0.4) is 0 Å². The highest BCUT2D eigenvalue weighted by molar-refractivity contribution is 9.10. The van der Waals surface area contributed by atoms with E-state index < -0.39 is 23.8 Å². The van der Waals surface area contributed by atoms with Crippen molar-refractivity contribution in [3.8, 4) is 11.5 Å². The lowest BCUT2D eigenvalue weighted by Crippen LogP contribution is -2.54. The van der Waals surface area contributed by atoms with Crippen LogP contribution in [0.25, 0.3) is 6.08 Å². The van der Waals surface area contributed by atoms with E-state index in [-0.39, 0.29) is 23.6 Å². The van der Waals surface area contributed by atoms with Gasteiger partial charge in [0.05, 0.1) is 18.5 Å². The van der Waals surface area contributed by atoms with Gasteiger partial charge in [-0.15, -0.1) is 0 Å². The molecule has 4 rings (SSSR count). The number of halogens is 2. The zero-order valence-corrected chi connectivity index (χ0v) is 21.6. The Balaban J connectivity index is 1.58. The SMILES string of the molecule is COc1ccccc1NC(=O)COc1ccc(Br)cc1/C=C1/C(=O)NC(=O)N(c2ccc(Cl)cc2)C1=O. The van der Waals surface area contributed by atoms with Crippen molar-refractivity contribution in [2.24, 2.45) is 0 Å². The number of ether oxygens (including phenoxy) is 2. The highest BCUT2D eigenvalue weighted by Gasteiger charge is 2.37. The average Bonchev–Trinajstić information content (AvgIpc) is 2.87. The van der Waals surface area contributed by atoms with Crippen LogP contribution in [0.5, 0.6) is 11.5 Å². The molecule has 9 nitrogen and oxygen atoms in total. The first-order chi connectivity index (χ1) is 17.8. The predicted octanol–water partition coefficient (Wildman–Crippen LogP) is 4.80. The number of hydrogen-bond donors (Lipinski definition) is 2. The van der Waals surface area contributed by atoms with E-state index in [2.05, 4.69) is 26.6 Å². The average molecular weight is 585 g/mol. The fraction of sp³-hybridized carbons (Fsp3) is 0.0769. The summed E-state index contributed by atoms with van der Waals surface area (Å²) in [5.41, 5.74) is 0.761. The number of benzene rings is 3. The van der Waals surface area contributed by atoms with Crippen LogP contribution < -0.4 is 25.0 Å². The second kappa shape index (κ2) is 11.3. The molecule has 1 saturated heterocycles. The highest BCUT2D eigenvalue weighted by Crippen LogP contribution is 2.29. The first kappa shape index (κ1) is 25.9. The molecule has 0 aliphatic carbocycles. The minimum Gasteiger partial charge on any atom is -0.495 e. The van der Waals surface area contributed by atoms with E-state index in [0.29, 0.717) is 26.5 Å². The van der Waals surface area contributed by atoms with Gasteiger partial charge >= 0.3 is 6.03 Å². The molecule has 0 unspecified atom stereocenters. The van der Waals surface area contributed by atoms with E-state index in [4.69, 9.17) is 21.1 Å². The molecule has 0 saturated carbocycles. The molecule has 1 fully saturated rings. The zero-order valence-electron chi connectivity index (χ0n) is 19.3. The van der Waals surface area contributed by atoms with Gasteiger partial charge in [0.1, 0.15) is 17.1 Å². The Kier molecular flexibility index (Phi) is 7.90. The Morgan fingerprint density at radius 3 is 2.51 bits per heavy atom. The van der Waals surface area contributed by atoms with Crippen LogP contribution in [0.15, 0.2) is 76.8 Å². The predicted molar refractivity (Wildman–Crippen MR) is 142 cm³/mol. The number of nitrogens with one attached hydrogen (secondary N) is 2. The summed E-state index contributed by atoms with van der Waals surface area (Å²) in [5.74, 6) is -1.40. The molecule has 0 spiro atoms. The second-order valence-corrected chi connectivity index (χ2v) is 9.01. The van der Waals surface area contributed by atoms with E-state index >= 15 is 0 Å². The van der Waals surface area contributed by atoms with Crippen LogP contribution in [-0.4, -0.2) is 37.5 Å². The van der Waals surface area contributed by atoms with E-state index in [1.807, 2.05) is 0 Å². The summed E-state index contributed by atoms with van der Waals surface area (Å²) in [6, 6.07) is 16.9. The Labute approximate surface area is 225 Å². The summed E-state index contributed by atoms with van der Waals surface area (Å²) < 4.78 is 11.6. The van der Waals surface area contributed by atoms with E-state index in [1.165, 1.54) is 37.5 Å². The van der Waals surface area contributed by atoms with Crippen LogP contribution in [0.4, 0.5) is 16.2 Å². The molecule has 11 heteroatoms. The molecule has 3 aromatic carbocycles. The minimum atomic E-state index is -0.881. The Morgan fingerprint density at radius 2 is 1.78 bits per heavy atom. The van der Waals surface area contributed by atoms with Gasteiger partial charge in [0.25, 0.3) is 17.7 Å². The normalized spacial score (nSPS) is 14.4. The van der Waals surface area contributed by atoms with Gasteiger partial charge in [0.2, 0.25) is 0 Å². The number of methoxy groups -OCH3 is 1. The lowest BCUT2D eigenvalue weighted by Gasteiger charge is -2.26. The maximum absolute atomic E-state index is 13.2. The maximum atomic E-state index is 13.2. The van der Waals surface area contributed by atoms with Gasteiger partial charge in [-0.3, -0.25) is 19.7 Å². The molecule has 0 aromatic heterocycles. The molecular weight excluding hydrogens is 566 g/mol. The fourth-order valence-electron chi connectivity index (χ4n) is 3.48. The number of hydrogen-bond acceptors (Lipinski definition) is 6. The Bertz CT molecular complexity index is 1420. The van der Waals surface area contributed by atoms with Crippen LogP contribution >= 0.6 is 27.5 Å². The van der Waals surface area contributed by atoms with Crippen molar-refractivity contribution < 1.29 is 28.7 Å². The molecular formula is C26H19BrClN3O6. The third kappa shape index (κ3) is 5.99. The lowest BCUT2D eigenvalue weighted by atomic mass is 10.1. The molecule has 1 aliphatic heterocycles. The van der Waals surface area contributed by atoms with Gasteiger partial charge in [-0.1, -0.05) is 39.7 Å². The maximum Gasteiger partial charge on any atom is 0.335 e. The van der Waals surface area contributed by atoms with Crippen LogP contribution in [0.2, 0.25) is 5.02 Å². The minimum absolute atomic E-state index is 0.237. The van der Waals surface area contributed by atoms with Gasteiger partial charge in [-0.05, 0) is 60.7 Å². The first-order valence-electron chi connectivity index (χ1n) is 10.8. The van der Waals surface area contributed by atoms with Crippen molar-refractivity contribution in [1.29, 1.82) is 0 Å². The van der Waals surface area contributed by atoms with Crippen molar-refractivity contribution in [1.82, 2.24) is 5.32 Å². The Hall–Kier alpha value is -4.15. The van der Waals surface area contributed by atoms with Crippen molar-refractivity contribution in [3.63, 3.8) is 0 Å². The van der Waals surface area contributed by atoms with E-state index in [1.54, 1.807) is 42.5 Å². The first-order valence-corrected chi connectivity index (χ1v) is 12.0. The quantitative estimate of drug-likeness (QED) is 0.305. The number of nitrogens with zero attached hydrogens (tertiary/aromatic N) is 1. The van der Waals surface area contributed by atoms with Crippen LogP contribution in [0, 0.1) is 0 Å². The van der Waals surface area contributed by atoms with Crippen molar-refractivity contribution in [2.75, 3.05) is 23.9 Å². The molecule has 0 radical (unpaired) electrons. The molecule has 37 heavy (non-hydrogen) atoms. The Morgan fingerprint density at radius 1 is 1.05 bits per heavy atom. The van der Waals surface area contributed by atoms with Crippen LogP contribution in [0.1, 0.15) is 5.56 Å². The van der Waals surface area contributed by atoms with E-state index in [0.717, 1.165) is 4.90 Å². The second-order valence-electron chi connectivity index (χ2n) is 7.65. The number of para-hydroxylation sites is 2. The lowest BCUT2D eigenvalue weighted by molar-refractivity contribution is -0.122. The van der Waals surface area contributed by atoms with Crippen molar-refractivity contribution in [3.05, 3.63) is 87.4 Å². The molecule has 1 aliphatic rings. The number of barbiturate groups is 1. The summed E-state index contributed by atoms with van der Waals surface area (Å²) >= 11 is 9.26. The topological polar surface area (TPSA) is 114 Å². The fourth-order valence-corrected chi connectivity index (χ4v) is 3.98. The molecule has 3 aromatic rings. The van der Waals surface area contributed by atoms with Gasteiger partial charge < -0.3 is 14.8 Å². The number of amides is 5. The molecule has 188 valence electrons. The van der Waals surface area contributed by atoms with Gasteiger partial charge in [0.15, 0.2) is 6.61 Å². The summed E-state index contributed by atoms with van der Waals surface area (Å²) in [7, 11) is 1.49. The molecule has 0 atom stereocenters. The molecule has 2 N–H and O–H groups in total. The highest BCUT2D eigenvalue weighted by atomic mass is 79.9. The summed E-state index contributed by atoms with van der Waals surface area (Å²) in [6.07, 6.45) is 1.30. The summed E-state index contributed by atoms with van der Waals surface area (Å²) in [4.78, 5) is 51.5. The zero-order chi connectivity index (χ0) is 26.5. The molecule has 1 heterocycles. The number of anilines is 2. The van der Waals surface area contributed by atoms with Crippen molar-refractivity contribution >= 4 is 68.7 Å². The largest absolute Gasteiger partial charge is 0.495 e.